The minimum atomic E-state index is -0.553. The fraction of sp³-hybridized carbons (Fsp3) is 0.161. The highest BCUT2D eigenvalue weighted by molar-refractivity contribution is 5.90. The maximum atomic E-state index is 14.5. The molecule has 6 rings (SSSR count). The highest BCUT2D eigenvalue weighted by Gasteiger charge is 2.36. The quantitative estimate of drug-likeness (QED) is 0.287. The molecule has 3 heterocycles. The molecule has 5 aromatic rings. The molecule has 0 fully saturated rings. The van der Waals surface area contributed by atoms with Gasteiger partial charge in [0.25, 0.3) is 0 Å². The molecule has 7 nitrogen and oxygen atoms in total. The van der Waals surface area contributed by atoms with E-state index in [4.69, 9.17) is 9.84 Å². The van der Waals surface area contributed by atoms with Gasteiger partial charge in [-0.25, -0.2) is 13.9 Å². The van der Waals surface area contributed by atoms with Gasteiger partial charge in [0.05, 0.1) is 36.8 Å². The number of urea groups is 1. The van der Waals surface area contributed by atoms with Crippen LogP contribution in [0, 0.1) is 5.82 Å². The largest absolute Gasteiger partial charge is 0.497 e. The molecule has 0 radical (unpaired) electrons. The van der Waals surface area contributed by atoms with Crippen LogP contribution >= 0.6 is 0 Å². The van der Waals surface area contributed by atoms with Gasteiger partial charge in [-0.1, -0.05) is 43.3 Å². The Hall–Kier alpha value is -4.85. The van der Waals surface area contributed by atoms with Crippen molar-refractivity contribution in [1.82, 2.24) is 19.2 Å². The maximum absolute atomic E-state index is 14.5. The van der Waals surface area contributed by atoms with Gasteiger partial charge in [-0.05, 0) is 60.5 Å². The van der Waals surface area contributed by atoms with E-state index in [1.807, 2.05) is 77.6 Å². The van der Waals surface area contributed by atoms with Crippen LogP contribution < -0.4 is 10.1 Å². The number of benzene rings is 3. The predicted octanol–water partition coefficient (Wildman–Crippen LogP) is 6.51. The fourth-order valence-corrected chi connectivity index (χ4v) is 5.27. The first-order valence-electron chi connectivity index (χ1n) is 12.9. The van der Waals surface area contributed by atoms with Gasteiger partial charge >= 0.3 is 6.03 Å². The van der Waals surface area contributed by atoms with Crippen LogP contribution in [-0.4, -0.2) is 32.4 Å². The SMILES string of the molecule is CCc1nn(-c2ccccc2)c2c1CN(C(=O)Nc1cccc(OC)c1)C(c1cccc(F)c1)c1cccn1-2. The summed E-state index contributed by atoms with van der Waals surface area (Å²) in [6.07, 6.45) is 2.67. The molecular formula is C31H28FN5O2. The van der Waals surface area contributed by atoms with E-state index in [2.05, 4.69) is 16.8 Å². The number of aromatic nitrogens is 3. The van der Waals surface area contributed by atoms with Crippen molar-refractivity contribution in [2.24, 2.45) is 0 Å². The summed E-state index contributed by atoms with van der Waals surface area (Å²) in [5.74, 6) is 1.15. The van der Waals surface area contributed by atoms with E-state index in [0.717, 1.165) is 28.5 Å². The van der Waals surface area contributed by atoms with Crippen molar-refractivity contribution in [1.29, 1.82) is 0 Å². The van der Waals surface area contributed by atoms with E-state index in [1.165, 1.54) is 12.1 Å². The molecule has 39 heavy (non-hydrogen) atoms. The number of aryl methyl sites for hydroxylation is 1. The normalized spacial score (nSPS) is 14.3. The third kappa shape index (κ3) is 4.44. The summed E-state index contributed by atoms with van der Waals surface area (Å²) in [6.45, 7) is 2.34. The highest BCUT2D eigenvalue weighted by Crippen LogP contribution is 2.39. The Labute approximate surface area is 226 Å². The molecule has 2 aromatic heterocycles. The number of para-hydroxylation sites is 1. The summed E-state index contributed by atoms with van der Waals surface area (Å²) < 4.78 is 23.9. The second kappa shape index (κ2) is 10.1. The lowest BCUT2D eigenvalue weighted by Crippen LogP contribution is -2.38. The molecule has 1 atom stereocenters. The van der Waals surface area contributed by atoms with Gasteiger partial charge in [0.15, 0.2) is 0 Å². The molecule has 8 heteroatoms. The lowest BCUT2D eigenvalue weighted by molar-refractivity contribution is 0.194. The van der Waals surface area contributed by atoms with Crippen LogP contribution in [0.4, 0.5) is 14.9 Å². The number of nitrogens with zero attached hydrogens (tertiary/aromatic N) is 4. The standard InChI is InChI=1S/C31H28FN5O2/c1-3-27-26-20-36(31(38)33-23-12-8-15-25(19-23)39-2)29(21-10-7-11-22(32)18-21)28-16-9-17-35(28)30(26)37(34-27)24-13-5-4-6-14-24/h4-19,29H,3,20H2,1-2H3,(H,33,38). The third-order valence-electron chi connectivity index (χ3n) is 7.05. The summed E-state index contributed by atoms with van der Waals surface area (Å²) in [4.78, 5) is 15.8. The number of halogens is 1. The number of ether oxygens (including phenoxy) is 1. The number of methoxy groups -OCH3 is 1. The number of hydrogen-bond donors (Lipinski definition) is 1. The monoisotopic (exact) mass is 521 g/mol. The Balaban J connectivity index is 1.54. The Kier molecular flexibility index (Phi) is 6.36. The van der Waals surface area contributed by atoms with Crippen molar-refractivity contribution in [3.63, 3.8) is 0 Å². The molecule has 3 aromatic carbocycles. The van der Waals surface area contributed by atoms with Crippen molar-refractivity contribution in [3.8, 4) is 17.3 Å². The van der Waals surface area contributed by atoms with Gasteiger partial charge in [-0.2, -0.15) is 5.10 Å². The number of fused-ring (bicyclic) bond motifs is 3. The van der Waals surface area contributed by atoms with Crippen molar-refractivity contribution in [2.45, 2.75) is 25.9 Å². The molecule has 196 valence electrons. The Bertz CT molecular complexity index is 1640. The molecule has 0 bridgehead atoms. The number of amides is 2. The van der Waals surface area contributed by atoms with E-state index in [-0.39, 0.29) is 18.4 Å². The Morgan fingerprint density at radius 2 is 1.85 bits per heavy atom. The van der Waals surface area contributed by atoms with E-state index >= 15 is 0 Å². The van der Waals surface area contributed by atoms with Crippen LogP contribution in [0.1, 0.15) is 35.5 Å². The average molecular weight is 522 g/mol. The lowest BCUT2D eigenvalue weighted by Gasteiger charge is -2.31. The number of carbonyl (C=O) groups excluding carboxylic acids is 1. The van der Waals surface area contributed by atoms with Gasteiger partial charge in [-0.3, -0.25) is 0 Å². The number of hydrogen-bond acceptors (Lipinski definition) is 3. The van der Waals surface area contributed by atoms with Crippen molar-refractivity contribution in [2.75, 3.05) is 12.4 Å². The Morgan fingerprint density at radius 1 is 1.03 bits per heavy atom. The summed E-state index contributed by atoms with van der Waals surface area (Å²) in [7, 11) is 1.59. The second-order valence-electron chi connectivity index (χ2n) is 9.40. The molecule has 1 N–H and O–H groups in total. The molecule has 0 aliphatic carbocycles. The number of anilines is 1. The molecule has 1 aliphatic heterocycles. The minimum Gasteiger partial charge on any atom is -0.497 e. The summed E-state index contributed by atoms with van der Waals surface area (Å²) in [5, 5.41) is 8.01. The number of carbonyl (C=O) groups is 1. The fourth-order valence-electron chi connectivity index (χ4n) is 5.27. The molecule has 0 spiro atoms. The molecular weight excluding hydrogens is 493 g/mol. The van der Waals surface area contributed by atoms with Crippen LogP contribution in [0.2, 0.25) is 0 Å². The first kappa shape index (κ1) is 24.5. The minimum absolute atomic E-state index is 0.282. The van der Waals surface area contributed by atoms with E-state index < -0.39 is 6.04 Å². The van der Waals surface area contributed by atoms with Gasteiger partial charge in [0.1, 0.15) is 17.4 Å². The highest BCUT2D eigenvalue weighted by atomic mass is 19.1. The molecule has 0 saturated carbocycles. The summed E-state index contributed by atoms with van der Waals surface area (Å²) >= 11 is 0. The van der Waals surface area contributed by atoms with Crippen LogP contribution in [0.5, 0.6) is 5.75 Å². The number of nitrogens with one attached hydrogen (secondary N) is 1. The maximum Gasteiger partial charge on any atom is 0.322 e. The first-order valence-corrected chi connectivity index (χ1v) is 12.9. The molecule has 1 aliphatic rings. The summed E-state index contributed by atoms with van der Waals surface area (Å²) in [6, 6.07) is 26.7. The van der Waals surface area contributed by atoms with E-state index in [9.17, 15) is 9.18 Å². The number of rotatable bonds is 5. The van der Waals surface area contributed by atoms with Crippen molar-refractivity contribution >= 4 is 11.7 Å². The zero-order valence-electron chi connectivity index (χ0n) is 21.7. The third-order valence-corrected chi connectivity index (χ3v) is 7.05. The van der Waals surface area contributed by atoms with Crippen LogP contribution in [0.25, 0.3) is 11.5 Å². The summed E-state index contributed by atoms with van der Waals surface area (Å²) in [5.41, 5.74) is 4.88. The smallest absolute Gasteiger partial charge is 0.322 e. The molecule has 1 unspecified atom stereocenters. The van der Waals surface area contributed by atoms with Gasteiger partial charge in [0.2, 0.25) is 0 Å². The van der Waals surface area contributed by atoms with Crippen LogP contribution in [-0.2, 0) is 13.0 Å². The van der Waals surface area contributed by atoms with E-state index in [0.29, 0.717) is 23.4 Å². The average Bonchev–Trinajstić information content (AvgIpc) is 3.54. The van der Waals surface area contributed by atoms with E-state index in [1.54, 1.807) is 24.1 Å². The van der Waals surface area contributed by atoms with Crippen molar-refractivity contribution < 1.29 is 13.9 Å². The zero-order valence-corrected chi connectivity index (χ0v) is 21.7. The topological polar surface area (TPSA) is 64.3 Å². The van der Waals surface area contributed by atoms with Gasteiger partial charge in [0, 0.05) is 23.5 Å². The predicted molar refractivity (Wildman–Crippen MR) is 148 cm³/mol. The van der Waals surface area contributed by atoms with Gasteiger partial charge < -0.3 is 19.5 Å². The lowest BCUT2D eigenvalue weighted by atomic mass is 10.0. The van der Waals surface area contributed by atoms with Crippen molar-refractivity contribution in [3.05, 3.63) is 126 Å². The second-order valence-corrected chi connectivity index (χ2v) is 9.40. The zero-order chi connectivity index (χ0) is 26.9. The molecule has 0 saturated heterocycles. The molecule has 2 amide bonds. The first-order chi connectivity index (χ1) is 19.1. The van der Waals surface area contributed by atoms with Crippen LogP contribution in [0.15, 0.2) is 97.2 Å². The Morgan fingerprint density at radius 3 is 2.62 bits per heavy atom. The van der Waals surface area contributed by atoms with Crippen LogP contribution in [0.3, 0.4) is 0 Å². The van der Waals surface area contributed by atoms with Gasteiger partial charge in [-0.15, -0.1) is 0 Å².